The molecule has 28 heavy (non-hydrogen) atoms. The fourth-order valence-electron chi connectivity index (χ4n) is 3.36. The van der Waals surface area contributed by atoms with Gasteiger partial charge in [-0.1, -0.05) is 35.4 Å². The second kappa shape index (κ2) is 12.5. The number of anilines is 1. The van der Waals surface area contributed by atoms with Gasteiger partial charge in [-0.15, -0.1) is 11.6 Å². The number of halogens is 2. The molecule has 1 heterocycles. The molecule has 0 aliphatic carbocycles. The smallest absolute Gasteiger partial charge is 0.243 e. The van der Waals surface area contributed by atoms with E-state index in [0.29, 0.717) is 12.3 Å². The van der Waals surface area contributed by atoms with E-state index in [4.69, 9.17) is 21.8 Å². The molecular weight excluding hydrogens is 491 g/mol. The molecule has 6 nitrogen and oxygen atoms in total. The van der Waals surface area contributed by atoms with Crippen LogP contribution in [-0.2, 0) is 18.3 Å². The van der Waals surface area contributed by atoms with Crippen LogP contribution >= 0.6 is 34.2 Å². The highest BCUT2D eigenvalue weighted by Crippen LogP contribution is 2.24. The normalized spacial score (nSPS) is 11.1. The molecule has 0 radical (unpaired) electrons. The van der Waals surface area contributed by atoms with E-state index in [1.165, 1.54) is 5.69 Å². The van der Waals surface area contributed by atoms with Gasteiger partial charge in [0.05, 0.1) is 11.0 Å². The van der Waals surface area contributed by atoms with Crippen LogP contribution < -0.4 is 10.4 Å². The number of carbonyl (C=O) groups excluding carboxylic acids is 1. The molecule has 2 rings (SSSR count). The zero-order chi connectivity index (χ0) is 20.4. The lowest BCUT2D eigenvalue weighted by Gasteiger charge is -2.23. The molecule has 8 heteroatoms. The number of rotatable bonds is 13. The van der Waals surface area contributed by atoms with Gasteiger partial charge in [-0.05, 0) is 37.5 Å². The number of aryl methyl sites for hydroxylation is 2. The summed E-state index contributed by atoms with van der Waals surface area (Å²) in [5.74, 6) is 1.40. The highest BCUT2D eigenvalue weighted by molar-refractivity contribution is 14.1. The van der Waals surface area contributed by atoms with Crippen LogP contribution in [0.25, 0.3) is 11.0 Å². The van der Waals surface area contributed by atoms with Crippen LogP contribution in [0.3, 0.4) is 0 Å². The average Bonchev–Trinajstić information content (AvgIpc) is 3.02. The summed E-state index contributed by atoms with van der Waals surface area (Å²) in [6.07, 6.45) is 6.31. The maximum atomic E-state index is 11.0. The summed E-state index contributed by atoms with van der Waals surface area (Å²) in [6, 6.07) is 6.49. The first kappa shape index (κ1) is 23.2. The summed E-state index contributed by atoms with van der Waals surface area (Å²) < 4.78 is 3.31. The highest BCUT2D eigenvalue weighted by atomic mass is 127. The number of nitrogens with one attached hydrogen (secondary N) is 1. The third-order valence-corrected chi connectivity index (χ3v) is 5.85. The first-order valence-corrected chi connectivity index (χ1v) is 11.9. The maximum Gasteiger partial charge on any atom is 0.243 e. The minimum atomic E-state index is -0.312. The second-order valence-corrected chi connectivity index (χ2v) is 8.38. The number of fused-ring (bicyclic) bond motifs is 1. The molecule has 1 amide bonds. The van der Waals surface area contributed by atoms with Gasteiger partial charge in [0.25, 0.3) is 0 Å². The van der Waals surface area contributed by atoms with Gasteiger partial charge in [-0.3, -0.25) is 10.0 Å². The number of hydrogen-bond donors (Lipinski definition) is 2. The standard InChI is InChI=1S/C20H30ClIN4O2/c1-25-18-10-9-16(26(14-11-21)13-6-12-22)15-17(18)23-19(25)7-4-2-3-5-8-20(27)24-28/h9-10,15,28H,2-8,11-14H2,1H3,(H,24,27). The zero-order valence-electron chi connectivity index (χ0n) is 16.5. The number of amides is 1. The molecular formula is C20H30ClIN4O2. The Bertz CT molecular complexity index is 753. The van der Waals surface area contributed by atoms with E-state index in [1.807, 2.05) is 0 Å². The van der Waals surface area contributed by atoms with Crippen LogP contribution in [0.4, 0.5) is 5.69 Å². The van der Waals surface area contributed by atoms with Crippen molar-refractivity contribution in [1.82, 2.24) is 15.0 Å². The number of carbonyl (C=O) groups is 1. The van der Waals surface area contributed by atoms with Crippen LogP contribution in [0.2, 0.25) is 0 Å². The van der Waals surface area contributed by atoms with Crippen molar-refractivity contribution in [2.75, 3.05) is 28.3 Å². The molecule has 0 aliphatic heterocycles. The lowest BCUT2D eigenvalue weighted by atomic mass is 10.1. The van der Waals surface area contributed by atoms with Crippen molar-refractivity contribution in [2.24, 2.45) is 7.05 Å². The largest absolute Gasteiger partial charge is 0.370 e. The van der Waals surface area contributed by atoms with Gasteiger partial charge in [0.2, 0.25) is 5.91 Å². The number of unbranched alkanes of at least 4 members (excludes halogenated alkanes) is 3. The van der Waals surface area contributed by atoms with Crippen molar-refractivity contribution in [3.63, 3.8) is 0 Å². The molecule has 0 bridgehead atoms. The molecule has 0 unspecified atom stereocenters. The molecule has 2 aromatic rings. The maximum absolute atomic E-state index is 11.0. The molecule has 0 fully saturated rings. The van der Waals surface area contributed by atoms with E-state index in [-0.39, 0.29) is 5.91 Å². The van der Waals surface area contributed by atoms with Crippen LogP contribution in [0.15, 0.2) is 18.2 Å². The SMILES string of the molecule is Cn1c(CCCCCCC(=O)NO)nc2cc(N(CCCl)CCCI)ccc21. The molecule has 156 valence electrons. The topological polar surface area (TPSA) is 70.4 Å². The van der Waals surface area contributed by atoms with Crippen LogP contribution in [0.1, 0.15) is 44.3 Å². The van der Waals surface area contributed by atoms with Crippen LogP contribution in [0, 0.1) is 0 Å². The van der Waals surface area contributed by atoms with Crippen LogP contribution in [-0.4, -0.2) is 44.1 Å². The van der Waals surface area contributed by atoms with E-state index in [1.54, 1.807) is 5.48 Å². The fourth-order valence-corrected chi connectivity index (χ4v) is 3.90. The van der Waals surface area contributed by atoms with Gasteiger partial charge in [0, 0.05) is 49.0 Å². The number of benzene rings is 1. The van der Waals surface area contributed by atoms with Crippen LogP contribution in [0.5, 0.6) is 0 Å². The number of alkyl halides is 2. The first-order valence-electron chi connectivity index (χ1n) is 9.86. The summed E-state index contributed by atoms with van der Waals surface area (Å²) in [4.78, 5) is 18.2. The number of aromatic nitrogens is 2. The Balaban J connectivity index is 1.96. The van der Waals surface area contributed by atoms with Crippen molar-refractivity contribution in [3.05, 3.63) is 24.0 Å². The molecule has 1 aromatic carbocycles. The van der Waals surface area contributed by atoms with Crippen molar-refractivity contribution in [2.45, 2.75) is 44.9 Å². The predicted molar refractivity (Wildman–Crippen MR) is 124 cm³/mol. The summed E-state index contributed by atoms with van der Waals surface area (Å²) in [5.41, 5.74) is 5.04. The van der Waals surface area contributed by atoms with Crippen molar-refractivity contribution in [3.8, 4) is 0 Å². The minimum absolute atomic E-state index is 0.312. The number of hydrogen-bond acceptors (Lipinski definition) is 4. The Hall–Kier alpha value is -1.06. The quantitative estimate of drug-likeness (QED) is 0.135. The molecule has 0 atom stereocenters. The van der Waals surface area contributed by atoms with Gasteiger partial charge in [0.15, 0.2) is 0 Å². The third kappa shape index (κ3) is 6.77. The van der Waals surface area contributed by atoms with Crippen molar-refractivity contribution < 1.29 is 10.0 Å². The van der Waals surface area contributed by atoms with Gasteiger partial charge in [0.1, 0.15) is 5.82 Å². The van der Waals surface area contributed by atoms with E-state index in [9.17, 15) is 4.79 Å². The van der Waals surface area contributed by atoms with Gasteiger partial charge >= 0.3 is 0 Å². The zero-order valence-corrected chi connectivity index (χ0v) is 19.4. The molecule has 0 spiro atoms. The summed E-state index contributed by atoms with van der Waals surface area (Å²) >= 11 is 8.40. The predicted octanol–water partition coefficient (Wildman–Crippen LogP) is 4.44. The Kier molecular flexibility index (Phi) is 10.4. The van der Waals surface area contributed by atoms with E-state index in [0.717, 1.165) is 72.9 Å². The number of nitrogens with zero attached hydrogens (tertiary/aromatic N) is 3. The Morgan fingerprint density at radius 2 is 2.04 bits per heavy atom. The lowest BCUT2D eigenvalue weighted by Crippen LogP contribution is -2.26. The van der Waals surface area contributed by atoms with Gasteiger partial charge in [-0.25, -0.2) is 10.5 Å². The minimum Gasteiger partial charge on any atom is -0.370 e. The molecule has 1 aromatic heterocycles. The summed E-state index contributed by atoms with van der Waals surface area (Å²) in [6.45, 7) is 1.85. The van der Waals surface area contributed by atoms with E-state index >= 15 is 0 Å². The Morgan fingerprint density at radius 3 is 2.75 bits per heavy atom. The Morgan fingerprint density at radius 1 is 1.25 bits per heavy atom. The highest BCUT2D eigenvalue weighted by Gasteiger charge is 2.11. The average molecular weight is 521 g/mol. The molecule has 0 aliphatic rings. The van der Waals surface area contributed by atoms with Crippen molar-refractivity contribution >= 4 is 56.8 Å². The molecule has 0 saturated carbocycles. The van der Waals surface area contributed by atoms with Gasteiger partial charge < -0.3 is 9.47 Å². The Labute approximate surface area is 185 Å². The molecule has 2 N–H and O–H groups in total. The summed E-state index contributed by atoms with van der Waals surface area (Å²) in [5, 5.41) is 8.49. The van der Waals surface area contributed by atoms with E-state index in [2.05, 4.69) is 57.3 Å². The number of hydroxylamine groups is 1. The van der Waals surface area contributed by atoms with Gasteiger partial charge in [-0.2, -0.15) is 0 Å². The van der Waals surface area contributed by atoms with Crippen molar-refractivity contribution in [1.29, 1.82) is 0 Å². The molecule has 0 saturated heterocycles. The summed E-state index contributed by atoms with van der Waals surface area (Å²) in [7, 11) is 2.07. The first-order chi connectivity index (χ1) is 13.6. The second-order valence-electron chi connectivity index (χ2n) is 6.93. The van der Waals surface area contributed by atoms with E-state index < -0.39 is 0 Å². The lowest BCUT2D eigenvalue weighted by molar-refractivity contribution is -0.129. The third-order valence-electron chi connectivity index (χ3n) is 4.92. The fraction of sp³-hybridized carbons (Fsp3) is 0.600. The number of imidazole rings is 1. The monoisotopic (exact) mass is 520 g/mol.